The second-order valence-electron chi connectivity index (χ2n) is 3.00. The molecule has 1 aliphatic rings. The van der Waals surface area contributed by atoms with E-state index in [4.69, 9.17) is 10.5 Å². The fourth-order valence-corrected chi connectivity index (χ4v) is 1.27. The van der Waals surface area contributed by atoms with E-state index < -0.39 is 0 Å². The Morgan fingerprint density at radius 1 is 1.58 bits per heavy atom. The van der Waals surface area contributed by atoms with Crippen molar-refractivity contribution >= 4 is 5.91 Å². The molecule has 0 saturated carbocycles. The number of amides is 1. The third kappa shape index (κ3) is 3.19. The molecule has 1 saturated heterocycles. The van der Waals surface area contributed by atoms with E-state index in [-0.39, 0.29) is 18.6 Å². The molecule has 4 heteroatoms. The van der Waals surface area contributed by atoms with Crippen molar-refractivity contribution in [2.45, 2.75) is 25.4 Å². The molecule has 1 fully saturated rings. The average molecular weight is 172 g/mol. The van der Waals surface area contributed by atoms with E-state index in [1.165, 1.54) is 6.42 Å². The van der Waals surface area contributed by atoms with Crippen molar-refractivity contribution in [1.29, 1.82) is 0 Å². The van der Waals surface area contributed by atoms with Crippen LogP contribution in [-0.4, -0.2) is 31.7 Å². The van der Waals surface area contributed by atoms with Crippen molar-refractivity contribution < 1.29 is 9.53 Å². The summed E-state index contributed by atoms with van der Waals surface area (Å²) in [6.45, 7) is 1.49. The van der Waals surface area contributed by atoms with Crippen LogP contribution in [0.5, 0.6) is 0 Å². The number of carbonyl (C=O) groups excluding carboxylic acids is 1. The molecule has 1 aliphatic heterocycles. The molecule has 1 atom stereocenters. The minimum atomic E-state index is -0.107. The Morgan fingerprint density at radius 2 is 2.42 bits per heavy atom. The zero-order chi connectivity index (χ0) is 8.81. The van der Waals surface area contributed by atoms with E-state index in [1.54, 1.807) is 0 Å². The number of hydrogen-bond acceptors (Lipinski definition) is 3. The fourth-order valence-electron chi connectivity index (χ4n) is 1.27. The van der Waals surface area contributed by atoms with Gasteiger partial charge in [0.05, 0.1) is 12.6 Å². The topological polar surface area (TPSA) is 64.4 Å². The molecule has 0 aromatic rings. The summed E-state index contributed by atoms with van der Waals surface area (Å²) >= 11 is 0. The minimum Gasteiger partial charge on any atom is -0.376 e. The van der Waals surface area contributed by atoms with Gasteiger partial charge in [-0.15, -0.1) is 0 Å². The molecule has 1 unspecified atom stereocenters. The van der Waals surface area contributed by atoms with Crippen LogP contribution in [0.25, 0.3) is 0 Å². The first-order chi connectivity index (χ1) is 5.83. The molecular formula is C8H16N2O2. The van der Waals surface area contributed by atoms with Crippen molar-refractivity contribution in [1.82, 2.24) is 5.32 Å². The first kappa shape index (κ1) is 9.48. The van der Waals surface area contributed by atoms with Gasteiger partial charge in [-0.1, -0.05) is 0 Å². The maximum absolute atomic E-state index is 10.8. The highest BCUT2D eigenvalue weighted by Gasteiger charge is 2.13. The maximum atomic E-state index is 10.8. The highest BCUT2D eigenvalue weighted by molar-refractivity contribution is 5.77. The summed E-state index contributed by atoms with van der Waals surface area (Å²) in [6, 6.07) is 0. The Bertz CT molecular complexity index is 144. The molecule has 12 heavy (non-hydrogen) atoms. The Labute approximate surface area is 72.5 Å². The van der Waals surface area contributed by atoms with Crippen molar-refractivity contribution in [2.24, 2.45) is 5.73 Å². The maximum Gasteiger partial charge on any atom is 0.233 e. The Balaban J connectivity index is 2.09. The Kier molecular flexibility index (Phi) is 4.04. The zero-order valence-electron chi connectivity index (χ0n) is 7.21. The molecule has 0 aromatic heterocycles. The summed E-state index contributed by atoms with van der Waals surface area (Å²) < 4.78 is 5.42. The monoisotopic (exact) mass is 172 g/mol. The van der Waals surface area contributed by atoms with Crippen LogP contribution in [0.1, 0.15) is 19.3 Å². The number of nitrogens with one attached hydrogen (secondary N) is 1. The quantitative estimate of drug-likeness (QED) is 0.610. The lowest BCUT2D eigenvalue weighted by Gasteiger charge is -2.22. The number of hydrogen-bond donors (Lipinski definition) is 2. The van der Waals surface area contributed by atoms with Gasteiger partial charge >= 0.3 is 0 Å². The third-order valence-corrected chi connectivity index (χ3v) is 1.99. The first-order valence-electron chi connectivity index (χ1n) is 4.41. The van der Waals surface area contributed by atoms with E-state index in [0.717, 1.165) is 19.4 Å². The van der Waals surface area contributed by atoms with Crippen LogP contribution >= 0.6 is 0 Å². The Morgan fingerprint density at radius 3 is 3.00 bits per heavy atom. The molecule has 1 amide bonds. The second kappa shape index (κ2) is 5.11. The van der Waals surface area contributed by atoms with Crippen LogP contribution in [0.15, 0.2) is 0 Å². The molecule has 0 aliphatic carbocycles. The van der Waals surface area contributed by atoms with E-state index in [1.807, 2.05) is 0 Å². The van der Waals surface area contributed by atoms with Crippen LogP contribution in [0.2, 0.25) is 0 Å². The number of nitrogens with two attached hydrogens (primary N) is 1. The molecule has 0 radical (unpaired) electrons. The van der Waals surface area contributed by atoms with E-state index in [0.29, 0.717) is 6.54 Å². The van der Waals surface area contributed by atoms with Crippen LogP contribution in [-0.2, 0) is 9.53 Å². The van der Waals surface area contributed by atoms with Crippen LogP contribution in [0.3, 0.4) is 0 Å². The molecule has 70 valence electrons. The lowest BCUT2D eigenvalue weighted by molar-refractivity contribution is -0.120. The predicted octanol–water partition coefficient (Wildman–Crippen LogP) is -0.370. The van der Waals surface area contributed by atoms with Gasteiger partial charge in [0, 0.05) is 13.2 Å². The number of carbonyl (C=O) groups is 1. The predicted molar refractivity (Wildman–Crippen MR) is 45.7 cm³/mol. The van der Waals surface area contributed by atoms with Crippen molar-refractivity contribution in [3.05, 3.63) is 0 Å². The summed E-state index contributed by atoms with van der Waals surface area (Å²) in [5.74, 6) is -0.107. The number of ether oxygens (including phenoxy) is 1. The van der Waals surface area contributed by atoms with Gasteiger partial charge in [-0.2, -0.15) is 0 Å². The fraction of sp³-hybridized carbons (Fsp3) is 0.875. The lowest BCUT2D eigenvalue weighted by atomic mass is 10.1. The van der Waals surface area contributed by atoms with Crippen LogP contribution in [0, 0.1) is 0 Å². The molecule has 4 nitrogen and oxygen atoms in total. The van der Waals surface area contributed by atoms with Gasteiger partial charge in [0.25, 0.3) is 0 Å². The van der Waals surface area contributed by atoms with Crippen molar-refractivity contribution in [3.8, 4) is 0 Å². The van der Waals surface area contributed by atoms with Gasteiger partial charge in [-0.25, -0.2) is 0 Å². The zero-order valence-corrected chi connectivity index (χ0v) is 7.21. The van der Waals surface area contributed by atoms with E-state index >= 15 is 0 Å². The van der Waals surface area contributed by atoms with Crippen molar-refractivity contribution in [2.75, 3.05) is 19.7 Å². The van der Waals surface area contributed by atoms with Gasteiger partial charge < -0.3 is 15.8 Å². The average Bonchev–Trinajstić information content (AvgIpc) is 2.16. The molecular weight excluding hydrogens is 156 g/mol. The molecule has 0 spiro atoms. The van der Waals surface area contributed by atoms with Crippen LogP contribution in [0.4, 0.5) is 0 Å². The highest BCUT2D eigenvalue weighted by Crippen LogP contribution is 2.11. The van der Waals surface area contributed by atoms with Gasteiger partial charge in [-0.05, 0) is 19.3 Å². The van der Waals surface area contributed by atoms with E-state index in [9.17, 15) is 4.79 Å². The largest absolute Gasteiger partial charge is 0.376 e. The summed E-state index contributed by atoms with van der Waals surface area (Å²) in [6.07, 6.45) is 3.59. The minimum absolute atomic E-state index is 0.0622. The van der Waals surface area contributed by atoms with Crippen LogP contribution < -0.4 is 11.1 Å². The summed E-state index contributed by atoms with van der Waals surface area (Å²) in [4.78, 5) is 10.8. The number of rotatable bonds is 3. The smallest absolute Gasteiger partial charge is 0.233 e. The second-order valence-corrected chi connectivity index (χ2v) is 3.00. The SMILES string of the molecule is NCC(=O)NCC1CCCCO1. The molecule has 1 rings (SSSR count). The summed E-state index contributed by atoms with van der Waals surface area (Å²) in [7, 11) is 0. The molecule has 0 aromatic carbocycles. The van der Waals surface area contributed by atoms with Gasteiger partial charge in [0.15, 0.2) is 0 Å². The lowest BCUT2D eigenvalue weighted by Crippen LogP contribution is -2.38. The van der Waals surface area contributed by atoms with Gasteiger partial charge in [-0.3, -0.25) is 4.79 Å². The van der Waals surface area contributed by atoms with E-state index in [2.05, 4.69) is 5.32 Å². The Hall–Kier alpha value is -0.610. The normalized spacial score (nSPS) is 23.6. The molecule has 3 N–H and O–H groups in total. The molecule has 0 bridgehead atoms. The summed E-state index contributed by atoms with van der Waals surface area (Å²) in [5.41, 5.74) is 5.13. The van der Waals surface area contributed by atoms with Gasteiger partial charge in [0.2, 0.25) is 5.91 Å². The standard InChI is InChI=1S/C8H16N2O2/c9-5-8(11)10-6-7-3-1-2-4-12-7/h7H,1-6,9H2,(H,10,11). The third-order valence-electron chi connectivity index (χ3n) is 1.99. The molecule has 1 heterocycles. The first-order valence-corrected chi connectivity index (χ1v) is 4.41. The highest BCUT2D eigenvalue weighted by atomic mass is 16.5. The van der Waals surface area contributed by atoms with Crippen molar-refractivity contribution in [3.63, 3.8) is 0 Å². The summed E-state index contributed by atoms with van der Waals surface area (Å²) in [5, 5.41) is 2.71. The van der Waals surface area contributed by atoms with Gasteiger partial charge in [0.1, 0.15) is 0 Å².